The van der Waals surface area contributed by atoms with E-state index >= 15 is 0 Å². The number of hydrogen-bond acceptors (Lipinski definition) is 4. The first-order chi connectivity index (χ1) is 9.15. The molecular weight excluding hydrogens is 244 g/mol. The van der Waals surface area contributed by atoms with Gasteiger partial charge in [0.25, 0.3) is 0 Å². The Balaban J connectivity index is 2.28. The summed E-state index contributed by atoms with van der Waals surface area (Å²) in [5.74, 6) is 0.967. The molecule has 0 fully saturated rings. The maximum atomic E-state index is 12.3. The number of aryl methyl sites for hydroxylation is 1. The van der Waals surface area contributed by atoms with E-state index in [1.54, 1.807) is 30.0 Å². The third kappa shape index (κ3) is 2.76. The molecule has 0 radical (unpaired) electrons. The Bertz CT molecular complexity index is 590. The zero-order chi connectivity index (χ0) is 13.8. The molecule has 0 spiro atoms. The summed E-state index contributed by atoms with van der Waals surface area (Å²) in [7, 11) is 4.89. The maximum Gasteiger partial charge on any atom is 0.172 e. The van der Waals surface area contributed by atoms with E-state index < -0.39 is 0 Å². The Labute approximate surface area is 111 Å². The van der Waals surface area contributed by atoms with Crippen LogP contribution in [0.25, 0.3) is 0 Å². The summed E-state index contributed by atoms with van der Waals surface area (Å²) in [5, 5.41) is 4.20. The van der Waals surface area contributed by atoms with Gasteiger partial charge in [0, 0.05) is 13.2 Å². The molecule has 0 amide bonds. The Hall–Kier alpha value is -2.30. The minimum absolute atomic E-state index is 0.0468. The van der Waals surface area contributed by atoms with E-state index in [9.17, 15) is 4.79 Å². The summed E-state index contributed by atoms with van der Waals surface area (Å²) >= 11 is 0. The fraction of sp³-hybridized carbons (Fsp3) is 0.286. The molecule has 1 heterocycles. The van der Waals surface area contributed by atoms with Crippen molar-refractivity contribution >= 4 is 5.78 Å². The van der Waals surface area contributed by atoms with Gasteiger partial charge in [0.05, 0.1) is 31.9 Å². The molecular formula is C14H16N2O3. The number of Topliss-reactive ketones (excluding diaryl/α,β-unsaturated/α-hetero) is 1. The van der Waals surface area contributed by atoms with Crippen molar-refractivity contribution in [2.75, 3.05) is 14.2 Å². The number of carbonyl (C=O) groups is 1. The Morgan fingerprint density at radius 2 is 2.05 bits per heavy atom. The van der Waals surface area contributed by atoms with Gasteiger partial charge in [0.15, 0.2) is 17.3 Å². The third-order valence-corrected chi connectivity index (χ3v) is 2.81. The SMILES string of the molecule is COc1cccc(C(=O)Cc2ccn(C)n2)c1OC. The van der Waals surface area contributed by atoms with Crippen molar-refractivity contribution in [3.63, 3.8) is 0 Å². The summed E-state index contributed by atoms with van der Waals surface area (Å²) in [4.78, 5) is 12.3. The molecule has 0 aliphatic heterocycles. The van der Waals surface area contributed by atoms with Crippen LogP contribution in [0.5, 0.6) is 11.5 Å². The van der Waals surface area contributed by atoms with E-state index in [0.717, 1.165) is 5.69 Å². The lowest BCUT2D eigenvalue weighted by molar-refractivity contribution is 0.0988. The number of hydrogen-bond donors (Lipinski definition) is 0. The first-order valence-corrected chi connectivity index (χ1v) is 5.88. The van der Waals surface area contributed by atoms with Crippen LogP contribution in [0.4, 0.5) is 0 Å². The van der Waals surface area contributed by atoms with Crippen LogP contribution in [0.1, 0.15) is 16.1 Å². The predicted molar refractivity (Wildman–Crippen MR) is 70.8 cm³/mol. The van der Waals surface area contributed by atoms with Crippen molar-refractivity contribution in [1.82, 2.24) is 9.78 Å². The minimum Gasteiger partial charge on any atom is -0.493 e. The molecule has 0 unspecified atom stereocenters. The number of ketones is 1. The number of para-hydroxylation sites is 1. The number of carbonyl (C=O) groups excluding carboxylic acids is 1. The van der Waals surface area contributed by atoms with Gasteiger partial charge in [-0.15, -0.1) is 0 Å². The van der Waals surface area contributed by atoms with Crippen molar-refractivity contribution in [1.29, 1.82) is 0 Å². The van der Waals surface area contributed by atoms with Crippen molar-refractivity contribution < 1.29 is 14.3 Å². The highest BCUT2D eigenvalue weighted by atomic mass is 16.5. The van der Waals surface area contributed by atoms with Crippen LogP contribution in [0.15, 0.2) is 30.5 Å². The standard InChI is InChI=1S/C14H16N2O3/c1-16-8-7-10(15-16)9-12(17)11-5-4-6-13(18-2)14(11)19-3/h4-8H,9H2,1-3H3. The van der Waals surface area contributed by atoms with Crippen LogP contribution in [0, 0.1) is 0 Å². The van der Waals surface area contributed by atoms with Crippen LogP contribution in [0.2, 0.25) is 0 Å². The molecule has 5 heteroatoms. The fourth-order valence-corrected chi connectivity index (χ4v) is 1.92. The summed E-state index contributed by atoms with van der Waals surface area (Å²) in [6.07, 6.45) is 2.05. The second-order valence-corrected chi connectivity index (χ2v) is 4.12. The molecule has 100 valence electrons. The quantitative estimate of drug-likeness (QED) is 0.770. The van der Waals surface area contributed by atoms with Gasteiger partial charge in [0.2, 0.25) is 0 Å². The Morgan fingerprint density at radius 1 is 1.26 bits per heavy atom. The number of ether oxygens (including phenoxy) is 2. The normalized spacial score (nSPS) is 10.3. The van der Waals surface area contributed by atoms with Gasteiger partial charge in [-0.25, -0.2) is 0 Å². The highest BCUT2D eigenvalue weighted by molar-refractivity contribution is 6.00. The molecule has 0 bridgehead atoms. The Morgan fingerprint density at radius 3 is 2.63 bits per heavy atom. The second-order valence-electron chi connectivity index (χ2n) is 4.12. The summed E-state index contributed by atoms with van der Waals surface area (Å²) < 4.78 is 12.1. The molecule has 19 heavy (non-hydrogen) atoms. The fourth-order valence-electron chi connectivity index (χ4n) is 1.92. The molecule has 5 nitrogen and oxygen atoms in total. The molecule has 0 N–H and O–H groups in total. The summed E-state index contributed by atoms with van der Waals surface area (Å²) in [5.41, 5.74) is 1.24. The minimum atomic E-state index is -0.0468. The Kier molecular flexibility index (Phi) is 3.85. The lowest BCUT2D eigenvalue weighted by atomic mass is 10.1. The number of aromatic nitrogens is 2. The molecule has 0 aliphatic rings. The van der Waals surface area contributed by atoms with E-state index in [2.05, 4.69) is 5.10 Å². The summed E-state index contributed by atoms with van der Waals surface area (Å²) in [6.45, 7) is 0. The van der Waals surface area contributed by atoms with E-state index in [4.69, 9.17) is 9.47 Å². The van der Waals surface area contributed by atoms with Gasteiger partial charge >= 0.3 is 0 Å². The van der Waals surface area contributed by atoms with Crippen molar-refractivity contribution in [3.8, 4) is 11.5 Å². The molecule has 0 saturated heterocycles. The highest BCUT2D eigenvalue weighted by Gasteiger charge is 2.17. The molecule has 1 aromatic heterocycles. The molecule has 1 aromatic carbocycles. The predicted octanol–water partition coefficient (Wildman–Crippen LogP) is 1.86. The van der Waals surface area contributed by atoms with Gasteiger partial charge in [-0.3, -0.25) is 9.48 Å². The van der Waals surface area contributed by atoms with Gasteiger partial charge in [-0.2, -0.15) is 5.10 Å². The average Bonchev–Trinajstić information content (AvgIpc) is 2.82. The molecule has 0 atom stereocenters. The first-order valence-electron chi connectivity index (χ1n) is 5.88. The second kappa shape index (κ2) is 5.56. The number of rotatable bonds is 5. The van der Waals surface area contributed by atoms with Crippen LogP contribution in [-0.4, -0.2) is 29.8 Å². The number of nitrogens with zero attached hydrogens (tertiary/aromatic N) is 2. The number of benzene rings is 1. The van der Waals surface area contributed by atoms with Gasteiger partial charge in [-0.1, -0.05) is 6.07 Å². The third-order valence-electron chi connectivity index (χ3n) is 2.81. The zero-order valence-electron chi connectivity index (χ0n) is 11.2. The van der Waals surface area contributed by atoms with Gasteiger partial charge in [0.1, 0.15) is 0 Å². The van der Waals surface area contributed by atoms with Crippen molar-refractivity contribution in [2.24, 2.45) is 7.05 Å². The van der Waals surface area contributed by atoms with E-state index in [1.165, 1.54) is 7.11 Å². The smallest absolute Gasteiger partial charge is 0.172 e. The lowest BCUT2D eigenvalue weighted by Gasteiger charge is -2.11. The summed E-state index contributed by atoms with van der Waals surface area (Å²) in [6, 6.07) is 7.08. The monoisotopic (exact) mass is 260 g/mol. The first kappa shape index (κ1) is 13.1. The van der Waals surface area contributed by atoms with E-state index in [1.807, 2.05) is 19.3 Å². The average molecular weight is 260 g/mol. The maximum absolute atomic E-state index is 12.3. The molecule has 2 rings (SSSR count). The number of methoxy groups -OCH3 is 2. The topological polar surface area (TPSA) is 53.4 Å². The van der Waals surface area contributed by atoms with E-state index in [0.29, 0.717) is 17.1 Å². The van der Waals surface area contributed by atoms with Crippen molar-refractivity contribution in [2.45, 2.75) is 6.42 Å². The largest absolute Gasteiger partial charge is 0.493 e. The van der Waals surface area contributed by atoms with Crippen LogP contribution >= 0.6 is 0 Å². The molecule has 2 aromatic rings. The molecule has 0 saturated carbocycles. The van der Waals surface area contributed by atoms with Crippen molar-refractivity contribution in [3.05, 3.63) is 41.7 Å². The van der Waals surface area contributed by atoms with Gasteiger partial charge < -0.3 is 9.47 Å². The zero-order valence-corrected chi connectivity index (χ0v) is 11.2. The van der Waals surface area contributed by atoms with Crippen LogP contribution in [0.3, 0.4) is 0 Å². The molecule has 0 aliphatic carbocycles. The highest BCUT2D eigenvalue weighted by Crippen LogP contribution is 2.31. The van der Waals surface area contributed by atoms with E-state index in [-0.39, 0.29) is 12.2 Å². The van der Waals surface area contributed by atoms with Crippen LogP contribution in [-0.2, 0) is 13.5 Å². The van der Waals surface area contributed by atoms with Gasteiger partial charge in [-0.05, 0) is 18.2 Å². The lowest BCUT2D eigenvalue weighted by Crippen LogP contribution is -2.07. The van der Waals surface area contributed by atoms with Crippen LogP contribution < -0.4 is 9.47 Å².